The molecule has 0 aliphatic carbocycles. The van der Waals surface area contributed by atoms with Crippen molar-refractivity contribution in [3.63, 3.8) is 0 Å². The van der Waals surface area contributed by atoms with E-state index in [4.69, 9.17) is 9.47 Å². The van der Waals surface area contributed by atoms with Crippen LogP contribution in [0.15, 0.2) is 35.7 Å². The largest absolute Gasteiger partial charge is 0.487 e. The van der Waals surface area contributed by atoms with Crippen LogP contribution in [0, 0.1) is 10.1 Å². The maximum absolute atomic E-state index is 12.2. The molecule has 0 saturated carbocycles. The first-order valence-corrected chi connectivity index (χ1v) is 8.72. The van der Waals surface area contributed by atoms with Crippen LogP contribution >= 0.6 is 11.3 Å². The monoisotopic (exact) mass is 378 g/mol. The fourth-order valence-corrected chi connectivity index (χ4v) is 2.72. The summed E-state index contributed by atoms with van der Waals surface area (Å²) in [6.07, 6.45) is -1.03. The molecule has 0 saturated heterocycles. The Morgan fingerprint density at radius 3 is 2.73 bits per heavy atom. The van der Waals surface area contributed by atoms with Gasteiger partial charge in [0.05, 0.1) is 23.6 Å². The number of carbonyl (C=O) groups excluding carboxylic acids is 2. The highest BCUT2D eigenvalue weighted by molar-refractivity contribution is 7.09. The first-order valence-electron chi connectivity index (χ1n) is 7.84. The molecule has 9 heteroatoms. The molecule has 0 radical (unpaired) electrons. The van der Waals surface area contributed by atoms with Crippen molar-refractivity contribution >= 4 is 28.9 Å². The standard InChI is InChI=1S/C17H18N2O6S/c1-3-24-15-7-6-12(9-14(15)19(22)23)17(21)25-11(2)16(20)18-10-13-5-4-8-26-13/h4-9,11H,3,10H2,1-2H3,(H,18,20)/t11-/m0/s1. The Morgan fingerprint density at radius 2 is 2.12 bits per heavy atom. The van der Waals surface area contributed by atoms with E-state index >= 15 is 0 Å². The molecule has 1 heterocycles. The summed E-state index contributed by atoms with van der Waals surface area (Å²) in [6.45, 7) is 3.73. The molecule has 1 atom stereocenters. The fraction of sp³-hybridized carbons (Fsp3) is 0.294. The Hall–Kier alpha value is -2.94. The molecular formula is C17H18N2O6S. The van der Waals surface area contributed by atoms with E-state index in [2.05, 4.69) is 5.32 Å². The van der Waals surface area contributed by atoms with Gasteiger partial charge in [-0.2, -0.15) is 0 Å². The molecule has 0 aliphatic heterocycles. The predicted octanol–water partition coefficient (Wildman–Crippen LogP) is 2.92. The summed E-state index contributed by atoms with van der Waals surface area (Å²) in [5.74, 6) is -1.21. The number of nitro benzene ring substituents is 1. The Morgan fingerprint density at radius 1 is 1.35 bits per heavy atom. The van der Waals surface area contributed by atoms with E-state index in [1.807, 2.05) is 17.5 Å². The van der Waals surface area contributed by atoms with Crippen molar-refractivity contribution in [3.05, 3.63) is 56.3 Å². The summed E-state index contributed by atoms with van der Waals surface area (Å²) in [7, 11) is 0. The fourth-order valence-electron chi connectivity index (χ4n) is 2.08. The predicted molar refractivity (Wildman–Crippen MR) is 95.3 cm³/mol. The zero-order valence-electron chi connectivity index (χ0n) is 14.3. The quantitative estimate of drug-likeness (QED) is 0.430. The number of thiophene rings is 1. The van der Waals surface area contributed by atoms with Crippen molar-refractivity contribution in [1.82, 2.24) is 5.32 Å². The Balaban J connectivity index is 2.00. The van der Waals surface area contributed by atoms with Crippen molar-refractivity contribution in [2.24, 2.45) is 0 Å². The van der Waals surface area contributed by atoms with E-state index in [1.54, 1.807) is 6.92 Å². The second-order valence-corrected chi connectivity index (χ2v) is 6.25. The van der Waals surface area contributed by atoms with Crippen LogP contribution in [0.25, 0.3) is 0 Å². The molecule has 8 nitrogen and oxygen atoms in total. The van der Waals surface area contributed by atoms with Gasteiger partial charge in [0, 0.05) is 10.9 Å². The van der Waals surface area contributed by atoms with E-state index in [9.17, 15) is 19.7 Å². The smallest absolute Gasteiger partial charge is 0.339 e. The molecule has 1 aromatic heterocycles. The highest BCUT2D eigenvalue weighted by Gasteiger charge is 2.22. The summed E-state index contributed by atoms with van der Waals surface area (Å²) in [5, 5.41) is 15.7. The number of benzene rings is 1. The highest BCUT2D eigenvalue weighted by atomic mass is 32.1. The number of nitro groups is 1. The van der Waals surface area contributed by atoms with Crippen LogP contribution in [-0.2, 0) is 16.1 Å². The van der Waals surface area contributed by atoms with Gasteiger partial charge in [-0.3, -0.25) is 14.9 Å². The van der Waals surface area contributed by atoms with Crippen molar-refractivity contribution in [2.45, 2.75) is 26.5 Å². The second-order valence-electron chi connectivity index (χ2n) is 5.22. The number of hydrogen-bond acceptors (Lipinski definition) is 7. The first kappa shape index (κ1) is 19.4. The molecule has 1 aromatic carbocycles. The van der Waals surface area contributed by atoms with Gasteiger partial charge in [0.25, 0.3) is 5.91 Å². The third kappa shape index (κ3) is 5.03. The van der Waals surface area contributed by atoms with Crippen molar-refractivity contribution in [3.8, 4) is 5.75 Å². The molecular weight excluding hydrogens is 360 g/mol. The molecule has 2 rings (SSSR count). The zero-order valence-corrected chi connectivity index (χ0v) is 15.1. The number of nitrogens with one attached hydrogen (secondary N) is 1. The van der Waals surface area contributed by atoms with Gasteiger partial charge < -0.3 is 14.8 Å². The molecule has 1 amide bonds. The maximum Gasteiger partial charge on any atom is 0.339 e. The third-order valence-corrected chi connectivity index (χ3v) is 4.24. The maximum atomic E-state index is 12.2. The van der Waals surface area contributed by atoms with Crippen molar-refractivity contribution in [2.75, 3.05) is 6.61 Å². The van der Waals surface area contributed by atoms with Crippen LogP contribution in [0.2, 0.25) is 0 Å². The van der Waals surface area contributed by atoms with Gasteiger partial charge in [-0.25, -0.2) is 4.79 Å². The lowest BCUT2D eigenvalue weighted by atomic mass is 10.2. The average molecular weight is 378 g/mol. The van der Waals surface area contributed by atoms with Gasteiger partial charge in [0.1, 0.15) is 0 Å². The zero-order chi connectivity index (χ0) is 19.1. The van der Waals surface area contributed by atoms with Gasteiger partial charge in [-0.15, -0.1) is 11.3 Å². The van der Waals surface area contributed by atoms with Gasteiger partial charge in [-0.1, -0.05) is 6.07 Å². The van der Waals surface area contributed by atoms with E-state index in [-0.39, 0.29) is 23.6 Å². The molecule has 0 fully saturated rings. The lowest BCUT2D eigenvalue weighted by molar-refractivity contribution is -0.385. The molecule has 2 aromatic rings. The van der Waals surface area contributed by atoms with Crippen LogP contribution in [0.4, 0.5) is 5.69 Å². The summed E-state index contributed by atoms with van der Waals surface area (Å²) in [5.41, 5.74) is -0.367. The molecule has 0 aliphatic rings. The number of nitrogens with zero attached hydrogens (tertiary/aromatic N) is 1. The van der Waals surface area contributed by atoms with Crippen LogP contribution in [-0.4, -0.2) is 29.5 Å². The van der Waals surface area contributed by atoms with Gasteiger partial charge in [-0.05, 0) is 37.4 Å². The van der Waals surface area contributed by atoms with Gasteiger partial charge in [0.15, 0.2) is 11.9 Å². The number of amides is 1. The van der Waals surface area contributed by atoms with Gasteiger partial charge in [0.2, 0.25) is 0 Å². The number of rotatable bonds is 8. The summed E-state index contributed by atoms with van der Waals surface area (Å²) in [4.78, 5) is 35.6. The highest BCUT2D eigenvalue weighted by Crippen LogP contribution is 2.28. The minimum absolute atomic E-state index is 0.0296. The van der Waals surface area contributed by atoms with E-state index < -0.39 is 22.9 Å². The van der Waals surface area contributed by atoms with E-state index in [0.717, 1.165) is 10.9 Å². The Labute approximate surface area is 153 Å². The Bertz CT molecular complexity index is 791. The minimum Gasteiger partial charge on any atom is -0.487 e. The molecule has 0 unspecified atom stereocenters. The SMILES string of the molecule is CCOc1ccc(C(=O)O[C@@H](C)C(=O)NCc2cccs2)cc1[N+](=O)[O-]. The first-order chi connectivity index (χ1) is 12.4. The van der Waals surface area contributed by atoms with E-state index in [0.29, 0.717) is 6.54 Å². The molecule has 1 N–H and O–H groups in total. The molecule has 26 heavy (non-hydrogen) atoms. The third-order valence-electron chi connectivity index (χ3n) is 3.36. The number of hydrogen-bond donors (Lipinski definition) is 1. The topological polar surface area (TPSA) is 108 Å². The average Bonchev–Trinajstić information content (AvgIpc) is 3.13. The lowest BCUT2D eigenvalue weighted by Gasteiger charge is -2.13. The minimum atomic E-state index is -1.03. The van der Waals surface area contributed by atoms with Crippen LogP contribution in [0.1, 0.15) is 29.1 Å². The summed E-state index contributed by atoms with van der Waals surface area (Å²) in [6, 6.07) is 7.51. The number of esters is 1. The molecule has 138 valence electrons. The summed E-state index contributed by atoms with van der Waals surface area (Å²) < 4.78 is 10.3. The van der Waals surface area contributed by atoms with Gasteiger partial charge >= 0.3 is 11.7 Å². The number of carbonyl (C=O) groups is 2. The molecule has 0 spiro atoms. The van der Waals surface area contributed by atoms with Crippen molar-refractivity contribution < 1.29 is 24.0 Å². The number of ether oxygens (including phenoxy) is 2. The van der Waals surface area contributed by atoms with Crippen LogP contribution < -0.4 is 10.1 Å². The van der Waals surface area contributed by atoms with Crippen molar-refractivity contribution in [1.29, 1.82) is 0 Å². The Kier molecular flexibility index (Phi) is 6.67. The molecule has 0 bridgehead atoms. The van der Waals surface area contributed by atoms with Crippen LogP contribution in [0.5, 0.6) is 5.75 Å². The van der Waals surface area contributed by atoms with Crippen LogP contribution in [0.3, 0.4) is 0 Å². The normalized spacial score (nSPS) is 11.5. The van der Waals surface area contributed by atoms with E-state index in [1.165, 1.54) is 30.4 Å². The second kappa shape index (κ2) is 8.95. The summed E-state index contributed by atoms with van der Waals surface area (Å²) >= 11 is 1.50. The lowest BCUT2D eigenvalue weighted by Crippen LogP contribution is -2.35.